The summed E-state index contributed by atoms with van der Waals surface area (Å²) in [4.78, 5) is 2.27. The molecule has 0 spiro atoms. The van der Waals surface area contributed by atoms with Gasteiger partial charge in [0.15, 0.2) is 0 Å². The van der Waals surface area contributed by atoms with Gasteiger partial charge in [-0.25, -0.2) is 0 Å². The maximum absolute atomic E-state index is 10.5. The van der Waals surface area contributed by atoms with Crippen molar-refractivity contribution < 1.29 is 9.84 Å². The van der Waals surface area contributed by atoms with Crippen LogP contribution in [0.5, 0.6) is 5.75 Å². The molecule has 98 valence electrons. The van der Waals surface area contributed by atoms with Crippen molar-refractivity contribution >= 4 is 0 Å². The summed E-state index contributed by atoms with van der Waals surface area (Å²) >= 11 is 0. The second-order valence-electron chi connectivity index (χ2n) is 5.60. The van der Waals surface area contributed by atoms with Gasteiger partial charge in [-0.2, -0.15) is 0 Å². The molecule has 3 nitrogen and oxygen atoms in total. The van der Waals surface area contributed by atoms with Gasteiger partial charge in [-0.15, -0.1) is 0 Å². The van der Waals surface area contributed by atoms with Crippen LogP contribution in [0.1, 0.15) is 30.9 Å². The first-order valence-electron chi connectivity index (χ1n) is 6.85. The Morgan fingerprint density at radius 2 is 2.11 bits per heavy atom. The Labute approximate surface area is 108 Å². The molecular weight excluding hydrogens is 226 g/mol. The first-order chi connectivity index (χ1) is 8.75. The number of para-hydroxylation sites is 1. The maximum Gasteiger partial charge on any atom is 0.125 e. The van der Waals surface area contributed by atoms with E-state index in [4.69, 9.17) is 4.74 Å². The van der Waals surface area contributed by atoms with Crippen molar-refractivity contribution in [3.05, 3.63) is 29.8 Å². The molecule has 2 atom stereocenters. The van der Waals surface area contributed by atoms with E-state index in [1.807, 2.05) is 24.3 Å². The Morgan fingerprint density at radius 3 is 2.83 bits per heavy atom. The SMILES string of the molecule is CN(CC1CCC1)C1COc2ccccc2C1O. The third-order valence-corrected chi connectivity index (χ3v) is 4.35. The van der Waals surface area contributed by atoms with Gasteiger partial charge in [0.1, 0.15) is 18.5 Å². The zero-order valence-electron chi connectivity index (χ0n) is 10.9. The molecule has 0 saturated heterocycles. The monoisotopic (exact) mass is 247 g/mol. The van der Waals surface area contributed by atoms with E-state index in [1.54, 1.807) is 0 Å². The van der Waals surface area contributed by atoms with Crippen LogP contribution in [0.15, 0.2) is 24.3 Å². The molecule has 1 heterocycles. The van der Waals surface area contributed by atoms with E-state index >= 15 is 0 Å². The molecule has 0 bridgehead atoms. The lowest BCUT2D eigenvalue weighted by Gasteiger charge is -2.39. The largest absolute Gasteiger partial charge is 0.491 e. The molecular formula is C15H21NO2. The number of hydrogen-bond donors (Lipinski definition) is 1. The fraction of sp³-hybridized carbons (Fsp3) is 0.600. The number of likely N-dealkylation sites (N-methyl/N-ethyl adjacent to an activating group) is 1. The Bertz CT molecular complexity index is 417. The molecule has 18 heavy (non-hydrogen) atoms. The lowest BCUT2D eigenvalue weighted by Crippen LogP contribution is -2.46. The Morgan fingerprint density at radius 1 is 1.33 bits per heavy atom. The molecule has 2 unspecified atom stereocenters. The van der Waals surface area contributed by atoms with Crippen LogP contribution in [-0.4, -0.2) is 36.2 Å². The van der Waals surface area contributed by atoms with Crippen molar-refractivity contribution in [1.29, 1.82) is 0 Å². The molecule has 1 aliphatic carbocycles. The minimum Gasteiger partial charge on any atom is -0.491 e. The summed E-state index contributed by atoms with van der Waals surface area (Å²) in [5.41, 5.74) is 0.925. The van der Waals surface area contributed by atoms with Crippen LogP contribution < -0.4 is 4.74 Å². The lowest BCUT2D eigenvalue weighted by atomic mass is 9.84. The van der Waals surface area contributed by atoms with E-state index in [2.05, 4.69) is 11.9 Å². The number of aliphatic hydroxyl groups excluding tert-OH is 1. The number of aliphatic hydroxyl groups is 1. The van der Waals surface area contributed by atoms with Crippen molar-refractivity contribution in [2.24, 2.45) is 5.92 Å². The molecule has 1 saturated carbocycles. The molecule has 0 amide bonds. The summed E-state index contributed by atoms with van der Waals surface area (Å²) in [5.74, 6) is 1.65. The van der Waals surface area contributed by atoms with E-state index in [0.29, 0.717) is 6.61 Å². The standard InChI is InChI=1S/C15H21NO2/c1-16(9-11-5-4-6-11)13-10-18-14-8-3-2-7-12(14)15(13)17/h2-3,7-8,11,13,15,17H,4-6,9-10H2,1H3. The number of rotatable bonds is 3. The average molecular weight is 247 g/mol. The summed E-state index contributed by atoms with van der Waals surface area (Å²) < 4.78 is 5.76. The fourth-order valence-electron chi connectivity index (χ4n) is 2.92. The van der Waals surface area contributed by atoms with Gasteiger partial charge in [-0.1, -0.05) is 24.6 Å². The normalized spacial score (nSPS) is 27.5. The van der Waals surface area contributed by atoms with E-state index in [9.17, 15) is 5.11 Å². The Kier molecular flexibility index (Phi) is 3.27. The first kappa shape index (κ1) is 12.0. The van der Waals surface area contributed by atoms with Crippen LogP contribution in [0.2, 0.25) is 0 Å². The van der Waals surface area contributed by atoms with Crippen molar-refractivity contribution in [1.82, 2.24) is 4.90 Å². The highest BCUT2D eigenvalue weighted by Gasteiger charge is 2.33. The molecule has 1 aromatic rings. The summed E-state index contributed by atoms with van der Waals surface area (Å²) in [5, 5.41) is 10.5. The molecule has 1 aromatic carbocycles. The highest BCUT2D eigenvalue weighted by Crippen LogP contribution is 2.35. The lowest BCUT2D eigenvalue weighted by molar-refractivity contribution is 0.00398. The number of ether oxygens (including phenoxy) is 1. The van der Waals surface area contributed by atoms with Gasteiger partial charge in [0, 0.05) is 12.1 Å². The minimum absolute atomic E-state index is 0.0838. The van der Waals surface area contributed by atoms with Crippen molar-refractivity contribution in [2.75, 3.05) is 20.2 Å². The van der Waals surface area contributed by atoms with Crippen LogP contribution in [0.3, 0.4) is 0 Å². The highest BCUT2D eigenvalue weighted by molar-refractivity contribution is 5.37. The zero-order chi connectivity index (χ0) is 12.5. The van der Waals surface area contributed by atoms with Gasteiger partial charge in [0.2, 0.25) is 0 Å². The summed E-state index contributed by atoms with van der Waals surface area (Å²) in [6.45, 7) is 1.66. The molecule has 1 fully saturated rings. The van der Waals surface area contributed by atoms with E-state index < -0.39 is 6.10 Å². The van der Waals surface area contributed by atoms with Crippen LogP contribution >= 0.6 is 0 Å². The van der Waals surface area contributed by atoms with Crippen LogP contribution in [0.25, 0.3) is 0 Å². The van der Waals surface area contributed by atoms with Gasteiger partial charge < -0.3 is 9.84 Å². The third-order valence-electron chi connectivity index (χ3n) is 4.35. The van der Waals surface area contributed by atoms with Gasteiger partial charge in [0.05, 0.1) is 6.04 Å². The highest BCUT2D eigenvalue weighted by atomic mass is 16.5. The zero-order valence-corrected chi connectivity index (χ0v) is 10.9. The number of fused-ring (bicyclic) bond motifs is 1. The second kappa shape index (κ2) is 4.90. The molecule has 1 aliphatic heterocycles. The van der Waals surface area contributed by atoms with E-state index in [0.717, 1.165) is 23.8 Å². The minimum atomic E-state index is -0.431. The van der Waals surface area contributed by atoms with Crippen molar-refractivity contribution in [3.63, 3.8) is 0 Å². The van der Waals surface area contributed by atoms with Crippen molar-refractivity contribution in [3.8, 4) is 5.75 Å². The third kappa shape index (κ3) is 2.13. The molecule has 2 aliphatic rings. The second-order valence-corrected chi connectivity index (χ2v) is 5.60. The predicted octanol–water partition coefficient (Wildman–Crippen LogP) is 2.21. The van der Waals surface area contributed by atoms with E-state index in [-0.39, 0.29) is 6.04 Å². The molecule has 0 radical (unpaired) electrons. The quantitative estimate of drug-likeness (QED) is 0.889. The van der Waals surface area contributed by atoms with Crippen molar-refractivity contribution in [2.45, 2.75) is 31.4 Å². The summed E-state index contributed by atoms with van der Waals surface area (Å²) in [6.07, 6.45) is 3.61. The van der Waals surface area contributed by atoms with Crippen LogP contribution in [0.4, 0.5) is 0 Å². The van der Waals surface area contributed by atoms with Gasteiger partial charge in [0.25, 0.3) is 0 Å². The summed E-state index contributed by atoms with van der Waals surface area (Å²) in [7, 11) is 2.10. The molecule has 0 aromatic heterocycles. The number of hydrogen-bond acceptors (Lipinski definition) is 3. The van der Waals surface area contributed by atoms with Gasteiger partial charge in [-0.05, 0) is 31.9 Å². The van der Waals surface area contributed by atoms with Crippen LogP contribution in [-0.2, 0) is 0 Å². The van der Waals surface area contributed by atoms with Gasteiger partial charge in [-0.3, -0.25) is 4.90 Å². The molecule has 3 rings (SSSR count). The average Bonchev–Trinajstić information content (AvgIpc) is 2.34. The van der Waals surface area contributed by atoms with Crippen LogP contribution in [0, 0.1) is 5.92 Å². The van der Waals surface area contributed by atoms with Gasteiger partial charge >= 0.3 is 0 Å². The first-order valence-corrected chi connectivity index (χ1v) is 6.85. The molecule has 3 heteroatoms. The Balaban J connectivity index is 1.71. The van der Waals surface area contributed by atoms with E-state index in [1.165, 1.54) is 19.3 Å². The Hall–Kier alpha value is -1.06. The maximum atomic E-state index is 10.5. The number of benzene rings is 1. The number of nitrogens with zero attached hydrogens (tertiary/aromatic N) is 1. The molecule has 1 N–H and O–H groups in total. The predicted molar refractivity (Wildman–Crippen MR) is 70.7 cm³/mol. The topological polar surface area (TPSA) is 32.7 Å². The smallest absolute Gasteiger partial charge is 0.125 e. The fourth-order valence-corrected chi connectivity index (χ4v) is 2.92. The summed E-state index contributed by atoms with van der Waals surface area (Å²) in [6, 6.07) is 7.88.